The quantitative estimate of drug-likeness (QED) is 0.105. The van der Waals surface area contributed by atoms with Crippen molar-refractivity contribution in [3.63, 3.8) is 0 Å². The highest BCUT2D eigenvalue weighted by molar-refractivity contribution is 5.87. The van der Waals surface area contributed by atoms with Crippen LogP contribution in [0.2, 0.25) is 0 Å². The maximum absolute atomic E-state index is 10.8. The number of para-hydroxylation sites is 1. The van der Waals surface area contributed by atoms with Crippen LogP contribution in [-0.2, 0) is 16.0 Å². The summed E-state index contributed by atoms with van der Waals surface area (Å²) < 4.78 is 11.0. The summed E-state index contributed by atoms with van der Waals surface area (Å²) in [5, 5.41) is 9.76. The second-order valence-electron chi connectivity index (χ2n) is 11.1. The zero-order valence-electron chi connectivity index (χ0n) is 27.0. The number of nitrogen functional groups attached to an aromatic ring is 2. The fraction of sp³-hybridized carbons (Fsp3) is 0.606. The average molecular weight is 627 g/mol. The lowest BCUT2D eigenvalue weighted by molar-refractivity contribution is -0.137. The lowest BCUT2D eigenvalue weighted by Gasteiger charge is -2.21. The molecule has 0 aliphatic carbocycles. The number of rotatable bonds is 23. The number of anilines is 2. The normalized spacial score (nSPS) is 11.0. The molecule has 0 spiro atoms. The van der Waals surface area contributed by atoms with Crippen LogP contribution >= 0.6 is 0 Å². The van der Waals surface area contributed by atoms with Gasteiger partial charge in [0.15, 0.2) is 0 Å². The van der Waals surface area contributed by atoms with Crippen LogP contribution < -0.4 is 21.9 Å². The number of nitrogens with two attached hydrogens (primary N) is 3. The standard InChI is InChI=1S/C25H47N5O4.C8H7N3/c1-33-20-18-30(17-12-14-24(31)32)16-10-8-13-22-21-23(29-25(27)28-22)34-19-11-7-5-3-2-4-6-9-15-26;9-8-6-3-1-2-4-7(6)10-5-11-8/h21H,2-20,26H2,1H3,(H,31,32)(H2,27,28,29);1-5H,(H2,9,10,11). The smallest absolute Gasteiger partial charge is 0.303 e. The van der Waals surface area contributed by atoms with Gasteiger partial charge in [0.05, 0.1) is 18.7 Å². The van der Waals surface area contributed by atoms with Crippen LogP contribution in [0.5, 0.6) is 5.88 Å². The molecule has 7 N–H and O–H groups in total. The predicted molar refractivity (Wildman–Crippen MR) is 180 cm³/mol. The molecule has 250 valence electrons. The molecule has 2 heterocycles. The molecule has 0 radical (unpaired) electrons. The van der Waals surface area contributed by atoms with Gasteiger partial charge in [-0.15, -0.1) is 0 Å². The molecule has 0 aliphatic rings. The Morgan fingerprint density at radius 2 is 1.56 bits per heavy atom. The summed E-state index contributed by atoms with van der Waals surface area (Å²) in [6.45, 7) is 4.57. The molecule has 0 saturated heterocycles. The largest absolute Gasteiger partial charge is 0.481 e. The van der Waals surface area contributed by atoms with E-state index in [0.29, 0.717) is 31.3 Å². The Bertz CT molecular complexity index is 1210. The number of benzene rings is 1. The molecule has 3 aromatic rings. The van der Waals surface area contributed by atoms with E-state index in [1.165, 1.54) is 38.4 Å². The fourth-order valence-corrected chi connectivity index (χ4v) is 4.85. The van der Waals surface area contributed by atoms with E-state index >= 15 is 0 Å². The molecule has 0 amide bonds. The zero-order valence-corrected chi connectivity index (χ0v) is 27.0. The third-order valence-electron chi connectivity index (χ3n) is 7.33. The van der Waals surface area contributed by atoms with Gasteiger partial charge in [0.1, 0.15) is 12.1 Å². The van der Waals surface area contributed by atoms with Crippen LogP contribution in [-0.4, -0.2) is 82.4 Å². The van der Waals surface area contributed by atoms with Gasteiger partial charge in [-0.25, -0.2) is 15.0 Å². The summed E-state index contributed by atoms with van der Waals surface area (Å²) >= 11 is 0. The first-order valence-corrected chi connectivity index (χ1v) is 16.3. The summed E-state index contributed by atoms with van der Waals surface area (Å²) in [4.78, 5) is 29.5. The third kappa shape index (κ3) is 17.5. The maximum Gasteiger partial charge on any atom is 0.303 e. The first kappa shape index (κ1) is 37.6. The summed E-state index contributed by atoms with van der Waals surface area (Å²) in [5.74, 6) is 0.593. The molecular weight excluding hydrogens is 572 g/mol. The van der Waals surface area contributed by atoms with E-state index in [-0.39, 0.29) is 12.4 Å². The van der Waals surface area contributed by atoms with Crippen LogP contribution in [0.4, 0.5) is 11.8 Å². The van der Waals surface area contributed by atoms with Gasteiger partial charge in [0, 0.05) is 37.2 Å². The van der Waals surface area contributed by atoms with Crippen molar-refractivity contribution in [3.05, 3.63) is 42.4 Å². The van der Waals surface area contributed by atoms with E-state index < -0.39 is 5.97 Å². The topological polar surface area (TPSA) is 189 Å². The summed E-state index contributed by atoms with van der Waals surface area (Å²) in [6.07, 6.45) is 14.7. The van der Waals surface area contributed by atoms with Gasteiger partial charge in [-0.3, -0.25) is 4.79 Å². The molecule has 12 heteroatoms. The molecule has 0 atom stereocenters. The molecular formula is C33H54N8O4. The van der Waals surface area contributed by atoms with Crippen molar-refractivity contribution in [2.75, 3.05) is 58.0 Å². The molecule has 12 nitrogen and oxygen atoms in total. The number of hydrogen-bond acceptors (Lipinski definition) is 11. The molecule has 0 saturated carbocycles. The van der Waals surface area contributed by atoms with Gasteiger partial charge < -0.3 is 36.7 Å². The number of hydrogen-bond donors (Lipinski definition) is 4. The summed E-state index contributed by atoms with van der Waals surface area (Å²) in [5.41, 5.74) is 18.8. The van der Waals surface area contributed by atoms with E-state index in [1.807, 2.05) is 30.3 Å². The minimum Gasteiger partial charge on any atom is -0.481 e. The van der Waals surface area contributed by atoms with Crippen LogP contribution in [0, 0.1) is 0 Å². The van der Waals surface area contributed by atoms with Gasteiger partial charge >= 0.3 is 5.97 Å². The Hall–Kier alpha value is -3.61. The highest BCUT2D eigenvalue weighted by atomic mass is 16.5. The Morgan fingerprint density at radius 3 is 2.27 bits per heavy atom. The van der Waals surface area contributed by atoms with Crippen molar-refractivity contribution in [2.24, 2.45) is 5.73 Å². The number of methoxy groups -OCH3 is 1. The van der Waals surface area contributed by atoms with Gasteiger partial charge in [0.25, 0.3) is 0 Å². The molecule has 0 aliphatic heterocycles. The number of ether oxygens (including phenoxy) is 2. The SMILES string of the molecule is COCCN(CCCCc1cc(OCCCCCCCCCCN)nc(N)n1)CCCC(=O)O.Nc1ncnc2ccccc12. The molecule has 45 heavy (non-hydrogen) atoms. The second-order valence-corrected chi connectivity index (χ2v) is 11.1. The van der Waals surface area contributed by atoms with Gasteiger partial charge in [-0.2, -0.15) is 4.98 Å². The van der Waals surface area contributed by atoms with Gasteiger partial charge in [0.2, 0.25) is 11.8 Å². The average Bonchev–Trinajstić information content (AvgIpc) is 3.02. The fourth-order valence-electron chi connectivity index (χ4n) is 4.85. The second kappa shape index (κ2) is 23.7. The zero-order chi connectivity index (χ0) is 32.5. The van der Waals surface area contributed by atoms with Crippen LogP contribution in [0.1, 0.15) is 82.7 Å². The van der Waals surface area contributed by atoms with Crippen LogP contribution in [0.15, 0.2) is 36.7 Å². The van der Waals surface area contributed by atoms with Crippen LogP contribution in [0.3, 0.4) is 0 Å². The van der Waals surface area contributed by atoms with Crippen molar-refractivity contribution >= 4 is 28.6 Å². The van der Waals surface area contributed by atoms with Gasteiger partial charge in [-0.05, 0) is 70.3 Å². The Morgan fingerprint density at radius 1 is 0.844 bits per heavy atom. The minimum absolute atomic E-state index is 0.196. The van der Waals surface area contributed by atoms with Crippen molar-refractivity contribution < 1.29 is 19.4 Å². The molecule has 1 aromatic carbocycles. The number of unbranched alkanes of at least 4 members (excludes halogenated alkanes) is 8. The number of aliphatic carboxylic acids is 1. The number of aromatic nitrogens is 4. The molecule has 0 fully saturated rings. The maximum atomic E-state index is 10.8. The summed E-state index contributed by atoms with van der Waals surface area (Å²) in [6, 6.07) is 9.55. The highest BCUT2D eigenvalue weighted by Crippen LogP contribution is 2.16. The molecule has 3 rings (SSSR count). The lowest BCUT2D eigenvalue weighted by Crippen LogP contribution is -2.30. The number of nitrogens with zero attached hydrogens (tertiary/aromatic N) is 5. The van der Waals surface area contributed by atoms with E-state index in [1.54, 1.807) is 7.11 Å². The van der Waals surface area contributed by atoms with E-state index in [9.17, 15) is 4.79 Å². The Labute approximate surface area is 268 Å². The number of carboxylic acids is 1. The van der Waals surface area contributed by atoms with E-state index in [0.717, 1.165) is 81.3 Å². The Kier molecular flexibility index (Phi) is 19.8. The minimum atomic E-state index is -0.750. The highest BCUT2D eigenvalue weighted by Gasteiger charge is 2.08. The van der Waals surface area contributed by atoms with Crippen molar-refractivity contribution in [3.8, 4) is 5.88 Å². The van der Waals surface area contributed by atoms with Crippen molar-refractivity contribution in [1.82, 2.24) is 24.8 Å². The number of carboxylic acid groups (broad SMARTS) is 1. The number of carbonyl (C=O) groups is 1. The first-order valence-electron chi connectivity index (χ1n) is 16.3. The molecule has 0 unspecified atom stereocenters. The van der Waals surface area contributed by atoms with Gasteiger partial charge in [-0.1, -0.05) is 50.7 Å². The first-order chi connectivity index (χ1) is 21.9. The molecule has 0 bridgehead atoms. The Balaban J connectivity index is 0.000000528. The van der Waals surface area contributed by atoms with Crippen LogP contribution in [0.25, 0.3) is 10.9 Å². The lowest BCUT2D eigenvalue weighted by atomic mass is 10.1. The number of fused-ring (bicyclic) bond motifs is 1. The van der Waals surface area contributed by atoms with E-state index in [2.05, 4.69) is 24.8 Å². The monoisotopic (exact) mass is 626 g/mol. The van der Waals surface area contributed by atoms with Crippen molar-refractivity contribution in [1.29, 1.82) is 0 Å². The summed E-state index contributed by atoms with van der Waals surface area (Å²) in [7, 11) is 1.68. The van der Waals surface area contributed by atoms with Crippen molar-refractivity contribution in [2.45, 2.75) is 83.5 Å². The number of aryl methyl sites for hydroxylation is 1. The molecule has 2 aromatic heterocycles. The predicted octanol–water partition coefficient (Wildman–Crippen LogP) is 4.87. The van der Waals surface area contributed by atoms with E-state index in [4.69, 9.17) is 31.8 Å². The third-order valence-corrected chi connectivity index (χ3v) is 7.33.